The Balaban J connectivity index is 0.00000256. The van der Waals surface area contributed by atoms with E-state index in [1.54, 1.807) is 18.9 Å². The fourth-order valence-corrected chi connectivity index (χ4v) is 2.34. The molecule has 0 saturated carbocycles. The van der Waals surface area contributed by atoms with Gasteiger partial charge in [-0.05, 0) is 24.8 Å². The second-order valence-corrected chi connectivity index (χ2v) is 5.05. The lowest BCUT2D eigenvalue weighted by Gasteiger charge is -2.10. The molecule has 0 aromatic rings. The van der Waals surface area contributed by atoms with Crippen LogP contribution in [0.1, 0.15) is 38.5 Å². The third-order valence-corrected chi connectivity index (χ3v) is 3.54. The first kappa shape index (κ1) is 17.0. The fourth-order valence-electron chi connectivity index (χ4n) is 1.66. The highest BCUT2D eigenvalue weighted by molar-refractivity contribution is 8.93. The van der Waals surface area contributed by atoms with Gasteiger partial charge in [-0.25, -0.2) is 4.99 Å². The summed E-state index contributed by atoms with van der Waals surface area (Å²) in [5.41, 5.74) is 7.00. The van der Waals surface area contributed by atoms with Gasteiger partial charge in [0.25, 0.3) is 0 Å². The molecule has 100 valence electrons. The van der Waals surface area contributed by atoms with Crippen molar-refractivity contribution in [2.24, 2.45) is 10.7 Å². The van der Waals surface area contributed by atoms with Crippen LogP contribution in [-0.4, -0.2) is 24.6 Å². The van der Waals surface area contributed by atoms with E-state index in [1.165, 1.54) is 44.1 Å². The Labute approximate surface area is 119 Å². The molecule has 0 bridgehead atoms. The molecule has 0 spiro atoms. The van der Waals surface area contributed by atoms with Crippen molar-refractivity contribution in [1.82, 2.24) is 0 Å². The summed E-state index contributed by atoms with van der Waals surface area (Å²) in [4.78, 5) is 4.13. The molecule has 5 heteroatoms. The minimum Gasteiger partial charge on any atom is -0.385 e. The Bertz CT molecular complexity index is 257. The molecule has 0 saturated heterocycles. The van der Waals surface area contributed by atoms with Crippen LogP contribution < -0.4 is 5.73 Å². The zero-order valence-corrected chi connectivity index (χ0v) is 13.0. The number of ether oxygens (including phenoxy) is 1. The van der Waals surface area contributed by atoms with Gasteiger partial charge in [0.15, 0.2) is 5.17 Å². The predicted octanol–water partition coefficient (Wildman–Crippen LogP) is 3.50. The Morgan fingerprint density at radius 3 is 2.65 bits per heavy atom. The Morgan fingerprint density at radius 1 is 1.29 bits per heavy atom. The molecule has 3 nitrogen and oxygen atoms in total. The van der Waals surface area contributed by atoms with Gasteiger partial charge in [0.1, 0.15) is 0 Å². The molecule has 0 unspecified atom stereocenters. The lowest BCUT2D eigenvalue weighted by molar-refractivity contribution is 0.192. The van der Waals surface area contributed by atoms with Crippen molar-refractivity contribution in [3.8, 4) is 0 Å². The molecule has 0 radical (unpaired) electrons. The van der Waals surface area contributed by atoms with Crippen molar-refractivity contribution in [3.63, 3.8) is 0 Å². The summed E-state index contributed by atoms with van der Waals surface area (Å²) in [6, 6.07) is 0. The maximum absolute atomic E-state index is 5.58. The number of methoxy groups -OCH3 is 1. The molecule has 1 rings (SSSR count). The molecule has 0 aliphatic carbocycles. The SMILES string of the molecule is Br.COCCCCCCCC1=CN=C(N)SC1. The van der Waals surface area contributed by atoms with Crippen LogP contribution in [-0.2, 0) is 4.74 Å². The zero-order chi connectivity index (χ0) is 11.6. The minimum atomic E-state index is 0. The molecule has 0 aromatic heterocycles. The number of nitrogens with two attached hydrogens (primary N) is 1. The highest BCUT2D eigenvalue weighted by Gasteiger charge is 2.04. The van der Waals surface area contributed by atoms with Gasteiger partial charge in [-0.3, -0.25) is 0 Å². The van der Waals surface area contributed by atoms with Crippen LogP contribution in [0, 0.1) is 0 Å². The largest absolute Gasteiger partial charge is 0.385 e. The molecule has 0 amide bonds. The fraction of sp³-hybridized carbons (Fsp3) is 0.750. The lowest BCUT2D eigenvalue weighted by Crippen LogP contribution is -2.10. The van der Waals surface area contributed by atoms with Gasteiger partial charge >= 0.3 is 0 Å². The van der Waals surface area contributed by atoms with Crippen LogP contribution in [0.15, 0.2) is 16.8 Å². The molecule has 2 N–H and O–H groups in total. The van der Waals surface area contributed by atoms with E-state index in [9.17, 15) is 0 Å². The number of thioether (sulfide) groups is 1. The normalized spacial score (nSPS) is 14.9. The highest BCUT2D eigenvalue weighted by Crippen LogP contribution is 2.19. The van der Waals surface area contributed by atoms with Gasteiger partial charge in [-0.1, -0.05) is 31.0 Å². The molecule has 0 aromatic carbocycles. The topological polar surface area (TPSA) is 47.6 Å². The van der Waals surface area contributed by atoms with Gasteiger partial charge < -0.3 is 10.5 Å². The lowest BCUT2D eigenvalue weighted by atomic mass is 10.1. The second-order valence-electron chi connectivity index (χ2n) is 4.05. The van der Waals surface area contributed by atoms with Crippen LogP contribution in [0.3, 0.4) is 0 Å². The van der Waals surface area contributed by atoms with Crippen LogP contribution in [0.4, 0.5) is 0 Å². The highest BCUT2D eigenvalue weighted by atomic mass is 79.9. The summed E-state index contributed by atoms with van der Waals surface area (Å²) in [6.07, 6.45) is 9.49. The number of rotatable bonds is 8. The van der Waals surface area contributed by atoms with Crippen molar-refractivity contribution in [1.29, 1.82) is 0 Å². The smallest absolute Gasteiger partial charge is 0.158 e. The first-order chi connectivity index (χ1) is 7.83. The quantitative estimate of drug-likeness (QED) is 0.696. The average molecular weight is 323 g/mol. The molecule has 0 atom stereocenters. The standard InChI is InChI=1S/C12H22N2OS.BrH/c1-15-8-6-4-2-3-5-7-11-9-14-12(13)16-10-11;/h9H,2-8,10H2,1H3,(H2,13,14);1H. The monoisotopic (exact) mass is 322 g/mol. The number of amidine groups is 1. The van der Waals surface area contributed by atoms with Crippen LogP contribution >= 0.6 is 28.7 Å². The van der Waals surface area contributed by atoms with Crippen molar-refractivity contribution in [3.05, 3.63) is 11.8 Å². The molecule has 0 fully saturated rings. The van der Waals surface area contributed by atoms with Gasteiger partial charge in [0.2, 0.25) is 0 Å². The summed E-state index contributed by atoms with van der Waals surface area (Å²) < 4.78 is 5.02. The van der Waals surface area contributed by atoms with Gasteiger partial charge in [-0.15, -0.1) is 17.0 Å². The summed E-state index contributed by atoms with van der Waals surface area (Å²) in [5, 5.41) is 0.698. The van der Waals surface area contributed by atoms with E-state index in [4.69, 9.17) is 10.5 Å². The zero-order valence-electron chi connectivity index (χ0n) is 10.5. The van der Waals surface area contributed by atoms with Gasteiger partial charge in [-0.2, -0.15) is 0 Å². The molecule has 1 heterocycles. The Kier molecular flexibility index (Phi) is 11.1. The average Bonchev–Trinajstić information content (AvgIpc) is 2.30. The predicted molar refractivity (Wildman–Crippen MR) is 82.1 cm³/mol. The first-order valence-electron chi connectivity index (χ1n) is 5.96. The van der Waals surface area contributed by atoms with E-state index < -0.39 is 0 Å². The Hall–Kier alpha value is -0.0000000000000000555. The third-order valence-electron chi connectivity index (χ3n) is 2.63. The van der Waals surface area contributed by atoms with E-state index in [1.807, 2.05) is 6.20 Å². The summed E-state index contributed by atoms with van der Waals surface area (Å²) >= 11 is 1.64. The maximum atomic E-state index is 5.58. The van der Waals surface area contributed by atoms with E-state index in [0.717, 1.165) is 12.4 Å². The van der Waals surface area contributed by atoms with E-state index in [0.29, 0.717) is 5.17 Å². The Morgan fingerprint density at radius 2 is 2.00 bits per heavy atom. The number of hydrogen-bond acceptors (Lipinski definition) is 4. The molecule has 17 heavy (non-hydrogen) atoms. The molecule has 1 aliphatic rings. The number of unbranched alkanes of at least 4 members (excludes halogenated alkanes) is 4. The first-order valence-corrected chi connectivity index (χ1v) is 6.94. The van der Waals surface area contributed by atoms with E-state index in [-0.39, 0.29) is 17.0 Å². The second kappa shape index (κ2) is 11.1. The summed E-state index contributed by atoms with van der Waals surface area (Å²) in [5.74, 6) is 1.03. The molecule has 1 aliphatic heterocycles. The van der Waals surface area contributed by atoms with Crippen LogP contribution in [0.25, 0.3) is 0 Å². The number of nitrogens with zero attached hydrogens (tertiary/aromatic N) is 1. The van der Waals surface area contributed by atoms with Crippen molar-refractivity contribution in [2.75, 3.05) is 19.5 Å². The summed E-state index contributed by atoms with van der Waals surface area (Å²) in [7, 11) is 1.76. The van der Waals surface area contributed by atoms with Crippen LogP contribution in [0.2, 0.25) is 0 Å². The number of halogens is 1. The molecular weight excluding hydrogens is 300 g/mol. The summed E-state index contributed by atoms with van der Waals surface area (Å²) in [6.45, 7) is 0.899. The van der Waals surface area contributed by atoms with Crippen molar-refractivity contribution >= 4 is 33.9 Å². The number of hydrogen-bond donors (Lipinski definition) is 1. The maximum Gasteiger partial charge on any atom is 0.158 e. The third kappa shape index (κ3) is 8.69. The van der Waals surface area contributed by atoms with Crippen molar-refractivity contribution < 1.29 is 4.74 Å². The van der Waals surface area contributed by atoms with Crippen molar-refractivity contribution in [2.45, 2.75) is 38.5 Å². The van der Waals surface area contributed by atoms with Gasteiger partial charge in [0, 0.05) is 25.7 Å². The minimum absolute atomic E-state index is 0. The van der Waals surface area contributed by atoms with Crippen LogP contribution in [0.5, 0.6) is 0 Å². The number of aliphatic imine (C=N–C) groups is 1. The molecular formula is C12H23BrN2OS. The van der Waals surface area contributed by atoms with E-state index in [2.05, 4.69) is 4.99 Å². The van der Waals surface area contributed by atoms with E-state index >= 15 is 0 Å². The van der Waals surface area contributed by atoms with Gasteiger partial charge in [0.05, 0.1) is 0 Å².